The number of likely N-dealkylation sites (tertiary alicyclic amines) is 3. The molecule has 23 heteroatoms. The van der Waals surface area contributed by atoms with Gasteiger partial charge in [0, 0.05) is 172 Å². The van der Waals surface area contributed by atoms with Gasteiger partial charge in [-0.1, -0.05) is 148 Å². The quantitative estimate of drug-likeness (QED) is 0.139. The van der Waals surface area contributed by atoms with Crippen molar-refractivity contribution in [2.45, 2.75) is 294 Å². The fourth-order valence-electron chi connectivity index (χ4n) is 7.05. The largest absolute Gasteiger partial charge is 0.426 e. The summed E-state index contributed by atoms with van der Waals surface area (Å²) < 4.78 is 17.1. The third-order valence-electron chi connectivity index (χ3n) is 12.9. The molecule has 0 spiro atoms. The Balaban J connectivity index is -0.000000110. The van der Waals surface area contributed by atoms with Crippen LogP contribution in [0.5, 0.6) is 0 Å². The van der Waals surface area contributed by atoms with Crippen molar-refractivity contribution in [2.75, 3.05) is 52.4 Å². The van der Waals surface area contributed by atoms with E-state index in [4.69, 9.17) is 4.42 Å². The van der Waals surface area contributed by atoms with Gasteiger partial charge in [-0.25, -0.2) is 9.97 Å². The molecule has 0 N–H and O–H groups in total. The Bertz CT molecular complexity index is 2590. The number of ketones is 1. The van der Waals surface area contributed by atoms with E-state index in [1.54, 1.807) is 73.2 Å². The number of hydrogen-bond donors (Lipinski definition) is 0. The van der Waals surface area contributed by atoms with Crippen molar-refractivity contribution >= 4 is 29.4 Å². The predicted octanol–water partition coefficient (Wildman–Crippen LogP) is 18.2. The van der Waals surface area contributed by atoms with Gasteiger partial charge in [0.1, 0.15) is 17.4 Å². The monoisotopic (exact) mass is 1430 g/mol. The van der Waals surface area contributed by atoms with Crippen molar-refractivity contribution in [3.05, 3.63) is 106 Å². The lowest BCUT2D eigenvalue weighted by Crippen LogP contribution is -2.40. The number of carbonyl (C=O) groups is 5. The normalized spacial score (nSPS) is 11.5. The molecule has 3 saturated heterocycles. The minimum atomic E-state index is 0.184. The number of nitrogens with zero attached hydrogens (tertiary/aromatic N) is 16. The molecule has 10 rings (SSSR count). The van der Waals surface area contributed by atoms with Crippen LogP contribution < -0.4 is 0 Å². The van der Waals surface area contributed by atoms with Crippen LogP contribution in [0.2, 0.25) is 0 Å². The summed E-state index contributed by atoms with van der Waals surface area (Å²) in [7, 11) is 7.84. The second kappa shape index (κ2) is 81.4. The Hall–Kier alpha value is -7.59. The lowest BCUT2D eigenvalue weighted by Gasteiger charge is -2.29. The maximum atomic E-state index is 10.8. The van der Waals surface area contributed by atoms with E-state index in [-0.39, 0.29) is 29.4 Å². The van der Waals surface area contributed by atoms with Crippen LogP contribution in [0, 0.1) is 69.2 Å². The molecule has 101 heavy (non-hydrogen) atoms. The number of imidazole rings is 2. The van der Waals surface area contributed by atoms with Crippen LogP contribution >= 0.6 is 0 Å². The Kier molecular flexibility index (Phi) is 92.4. The average Bonchev–Trinajstić information content (AvgIpc) is 1.87. The molecule has 3 fully saturated rings. The van der Waals surface area contributed by atoms with E-state index < -0.39 is 0 Å². The second-order valence-corrected chi connectivity index (χ2v) is 20.4. The molecule has 0 aliphatic carbocycles. The summed E-state index contributed by atoms with van der Waals surface area (Å²) in [5.41, 5.74) is 5.97. The first kappa shape index (κ1) is 115. The van der Waals surface area contributed by atoms with Crippen LogP contribution in [0.4, 0.5) is 0 Å². The smallest absolute Gasteiger partial charge is 0.223 e. The van der Waals surface area contributed by atoms with E-state index in [1.807, 2.05) is 261 Å². The molecule has 23 nitrogen and oxygen atoms in total. The van der Waals surface area contributed by atoms with E-state index in [9.17, 15) is 24.0 Å². The van der Waals surface area contributed by atoms with E-state index in [1.165, 1.54) is 55.5 Å². The minimum Gasteiger partial charge on any atom is -0.426 e. The number of hydrogen-bond acceptors (Lipinski definition) is 15. The van der Waals surface area contributed by atoms with Crippen molar-refractivity contribution < 1.29 is 32.9 Å². The Morgan fingerprint density at radius 1 is 0.475 bits per heavy atom. The van der Waals surface area contributed by atoms with E-state index in [0.29, 0.717) is 29.9 Å². The number of Topliss-reactive ketones (excluding diaryl/α,β-unsaturated/α-hetero) is 1. The molecule has 4 amide bonds. The summed E-state index contributed by atoms with van der Waals surface area (Å²) in [5.74, 6) is 5.81. The third-order valence-corrected chi connectivity index (χ3v) is 12.9. The molecule has 6 aromatic heterocycles. The molecule has 6 aromatic rings. The van der Waals surface area contributed by atoms with Crippen molar-refractivity contribution in [3.63, 3.8) is 0 Å². The van der Waals surface area contributed by atoms with Gasteiger partial charge in [-0.15, -0.1) is 10.2 Å². The van der Waals surface area contributed by atoms with E-state index >= 15 is 0 Å². The summed E-state index contributed by atoms with van der Waals surface area (Å²) in [6.07, 6.45) is 18.7. The lowest BCUT2D eigenvalue weighted by atomic mass is 10.1. The van der Waals surface area contributed by atoms with Gasteiger partial charge < -0.3 is 42.5 Å². The molecule has 0 atom stereocenters. The number of carbonyl (C=O) groups excluding carboxylic acids is 5. The summed E-state index contributed by atoms with van der Waals surface area (Å²) in [6.45, 7) is 74.7. The maximum Gasteiger partial charge on any atom is 0.223 e. The molecule has 0 aromatic carbocycles. The summed E-state index contributed by atoms with van der Waals surface area (Å²) in [4.78, 5) is 71.8. The molecule has 10 heterocycles. The number of amides is 4. The standard InChI is InChI=1S/C8H13NO.C7H13NO.2C6H10N2.C6H11NO.2C5H8N2.C5H9NO.2C4H6N2O.C4H8O.9C2H6/c1-7-3-5-9(6-4-7)8(2)10;1-7(9)8-5-3-2-4-6-8;1-5-4-8(3)6(2)7-5;1-5-4-7-6(2)8(5)3;1-6(8)7-4-2-3-5-7;1-5-3-4-7(2)6-5;1-5-3-4-6-7(5)2;1-5(7)6-3-2-4-6;1-3-5-6-4(2)7-3;1-3-5-4(2)7-6-3;1-3-4(2)5;9*1-2/h3H,4-6H2,1-2H3;2-6H2,1H3;2*4H,1-3H3;2-5H2,1H3;2*3-4H,1-2H3;2-4H2,1H3;2*1-2H3;3H2,1-2H3;9*1-2H3. The first-order valence-electron chi connectivity index (χ1n) is 37.5. The second-order valence-electron chi connectivity index (χ2n) is 20.4. The van der Waals surface area contributed by atoms with Crippen LogP contribution in [0.1, 0.15) is 282 Å². The van der Waals surface area contributed by atoms with Gasteiger partial charge in [0.15, 0.2) is 5.82 Å². The van der Waals surface area contributed by atoms with Crippen LogP contribution in [0.25, 0.3) is 0 Å². The van der Waals surface area contributed by atoms with Crippen molar-refractivity contribution in [1.82, 2.24) is 78.6 Å². The first-order valence-corrected chi connectivity index (χ1v) is 37.5. The molecular formula is C78H156N16O7. The SMILES string of the molecule is CC.CC.CC.CC.CC.CC.CC.CC.CC.CC(=O)N1CC=C(C)CC1.CC(=O)N1CCC1.CC(=O)N1CCCC1.CC(=O)N1CCCCC1.CCC(C)=O.Cc1ccn(C)n1.Cc1ccnn1C.Cc1cn(C)c(C)n1.Cc1cnc(C)n1C.Cc1nnc(C)o1.Cc1noc(C)n1. The highest BCUT2D eigenvalue weighted by molar-refractivity contribution is 5.75. The fraction of sp³-hybridized carbons (Fsp3) is 0.705. The van der Waals surface area contributed by atoms with E-state index in [2.05, 4.69) is 62.6 Å². The number of aryl methyl sites for hydroxylation is 13. The van der Waals surface area contributed by atoms with Gasteiger partial charge in [0.25, 0.3) is 0 Å². The number of aromatic nitrogens is 12. The molecule has 0 radical (unpaired) electrons. The molecule has 0 bridgehead atoms. The van der Waals surface area contributed by atoms with E-state index in [0.717, 1.165) is 81.8 Å². The zero-order valence-corrected chi connectivity index (χ0v) is 72.4. The third kappa shape index (κ3) is 70.6. The Morgan fingerprint density at radius 2 is 0.881 bits per heavy atom. The number of rotatable bonds is 1. The van der Waals surface area contributed by atoms with Crippen LogP contribution in [-0.2, 0) is 52.2 Å². The molecular weight excluding hydrogens is 1270 g/mol. The Labute approximate surface area is 618 Å². The summed E-state index contributed by atoms with van der Waals surface area (Å²) in [5, 5.41) is 18.7. The van der Waals surface area contributed by atoms with Gasteiger partial charge in [0.05, 0.1) is 11.4 Å². The summed E-state index contributed by atoms with van der Waals surface area (Å²) in [6, 6.07) is 3.94. The molecule has 590 valence electrons. The molecule has 4 aliphatic heterocycles. The zero-order valence-electron chi connectivity index (χ0n) is 72.4. The highest BCUT2D eigenvalue weighted by Gasteiger charge is 2.15. The zero-order chi connectivity index (χ0) is 81.2. The van der Waals surface area contributed by atoms with Crippen LogP contribution in [-0.4, -0.2) is 160 Å². The Morgan fingerprint density at radius 3 is 1.02 bits per heavy atom. The van der Waals surface area contributed by atoms with Crippen molar-refractivity contribution in [3.8, 4) is 0 Å². The maximum absolute atomic E-state index is 10.8. The highest BCUT2D eigenvalue weighted by atomic mass is 16.5. The van der Waals surface area contributed by atoms with Crippen LogP contribution in [0.15, 0.2) is 57.5 Å². The average molecular weight is 1430 g/mol. The van der Waals surface area contributed by atoms with Gasteiger partial charge in [-0.05, 0) is 119 Å². The molecule has 4 aliphatic rings. The lowest BCUT2D eigenvalue weighted by molar-refractivity contribution is -0.132. The fourth-order valence-corrected chi connectivity index (χ4v) is 7.05. The predicted molar refractivity (Wildman–Crippen MR) is 427 cm³/mol. The highest BCUT2D eigenvalue weighted by Crippen LogP contribution is 2.10. The van der Waals surface area contributed by atoms with Gasteiger partial charge >= 0.3 is 0 Å². The van der Waals surface area contributed by atoms with Crippen LogP contribution in [0.3, 0.4) is 0 Å². The van der Waals surface area contributed by atoms with Crippen molar-refractivity contribution in [1.29, 1.82) is 0 Å². The molecule has 0 unspecified atom stereocenters. The first-order chi connectivity index (χ1) is 48.0. The topological polar surface area (TPSA) is 247 Å². The van der Waals surface area contributed by atoms with Gasteiger partial charge in [-0.3, -0.25) is 28.5 Å². The van der Waals surface area contributed by atoms with Crippen molar-refractivity contribution in [2.24, 2.45) is 28.2 Å². The van der Waals surface area contributed by atoms with Gasteiger partial charge in [0.2, 0.25) is 41.3 Å². The van der Waals surface area contributed by atoms with Gasteiger partial charge in [-0.2, -0.15) is 15.2 Å². The summed E-state index contributed by atoms with van der Waals surface area (Å²) >= 11 is 0. The minimum absolute atomic E-state index is 0.184. The molecule has 0 saturated carbocycles. The number of piperidine rings is 1.